The third-order valence-electron chi connectivity index (χ3n) is 11.8. The van der Waals surface area contributed by atoms with Gasteiger partial charge in [0.15, 0.2) is 0 Å². The van der Waals surface area contributed by atoms with Gasteiger partial charge in [-0.15, -0.1) is 0 Å². The first-order valence-electron chi connectivity index (χ1n) is 17.6. The molecule has 5 aromatic carbocycles. The summed E-state index contributed by atoms with van der Waals surface area (Å²) in [5.41, 5.74) is 11.2. The van der Waals surface area contributed by atoms with Crippen LogP contribution in [0.15, 0.2) is 149 Å². The van der Waals surface area contributed by atoms with E-state index in [1.54, 1.807) is 0 Å². The summed E-state index contributed by atoms with van der Waals surface area (Å²) in [7, 11) is 0. The molecule has 236 valence electrons. The summed E-state index contributed by atoms with van der Waals surface area (Å²) in [4.78, 5) is 0. The highest BCUT2D eigenvalue weighted by atomic mass is 16.5. The first-order chi connectivity index (χ1) is 23.5. The third kappa shape index (κ3) is 4.30. The number of allylic oxidation sites excluding steroid dienone is 3. The van der Waals surface area contributed by atoms with Crippen molar-refractivity contribution in [2.24, 2.45) is 5.92 Å². The van der Waals surface area contributed by atoms with Crippen LogP contribution in [0.2, 0.25) is 0 Å². The van der Waals surface area contributed by atoms with Crippen molar-refractivity contribution in [1.82, 2.24) is 5.32 Å². The van der Waals surface area contributed by atoms with Crippen LogP contribution in [0, 0.1) is 5.92 Å². The Labute approximate surface area is 281 Å². The Hall–Kier alpha value is -4.86. The Bertz CT molecular complexity index is 2270. The summed E-state index contributed by atoms with van der Waals surface area (Å²) in [6, 6.07) is 44.8. The maximum Gasteiger partial charge on any atom is 0.143 e. The van der Waals surface area contributed by atoms with Gasteiger partial charge in [-0.1, -0.05) is 135 Å². The molecule has 10 rings (SSSR count). The Morgan fingerprint density at radius 3 is 2.35 bits per heavy atom. The van der Waals surface area contributed by atoms with E-state index in [4.69, 9.17) is 9.15 Å². The van der Waals surface area contributed by atoms with Crippen LogP contribution in [0.5, 0.6) is 5.75 Å². The standard InChI is InChI=1S/C45H39NO2/c1-45(2)35-16-7-9-18-39(35)47-40-24-23-30(25-36(40)45)37-26-34(27-11-4-3-5-12-27)42-41(43(42)46-37)29-21-19-28(20-22-29)31-14-10-15-33-32-13-6-8-17-38(32)48-44(31)33/h3-22,25,34,37,41-43,46H,23-24,26H2,1-2H3. The van der Waals surface area contributed by atoms with Crippen LogP contribution in [0.4, 0.5) is 0 Å². The van der Waals surface area contributed by atoms with Crippen molar-refractivity contribution < 1.29 is 9.15 Å². The Morgan fingerprint density at radius 2 is 1.48 bits per heavy atom. The SMILES string of the molecule is CC1(C)C2=C(CCC(C3CC(c4ccccc4)C4C(N3)C4c3ccc(-c4cccc5c4oc4ccccc45)cc3)=C2)Oc2ccccc21. The summed E-state index contributed by atoms with van der Waals surface area (Å²) >= 11 is 0. The fourth-order valence-electron chi connectivity index (χ4n) is 9.36. The first-order valence-corrected chi connectivity index (χ1v) is 17.6. The zero-order valence-electron chi connectivity index (χ0n) is 27.4. The largest absolute Gasteiger partial charge is 0.461 e. The number of hydrogen-bond acceptors (Lipinski definition) is 3. The van der Waals surface area contributed by atoms with Gasteiger partial charge in [0.05, 0.1) is 0 Å². The predicted molar refractivity (Wildman–Crippen MR) is 194 cm³/mol. The molecule has 0 amide bonds. The molecule has 0 spiro atoms. The average molecular weight is 626 g/mol. The van der Waals surface area contributed by atoms with Gasteiger partial charge in [-0.25, -0.2) is 0 Å². The molecule has 1 aromatic heterocycles. The second-order valence-corrected chi connectivity index (χ2v) is 14.8. The molecule has 6 aromatic rings. The highest BCUT2D eigenvalue weighted by Gasteiger charge is 2.58. The fraction of sp³-hybridized carbons (Fsp3) is 0.244. The second-order valence-electron chi connectivity index (χ2n) is 14.8. The minimum Gasteiger partial charge on any atom is -0.461 e. The molecule has 1 N–H and O–H groups in total. The van der Waals surface area contributed by atoms with Crippen LogP contribution in [0.25, 0.3) is 33.1 Å². The number of para-hydroxylation sites is 3. The highest BCUT2D eigenvalue weighted by Crippen LogP contribution is 2.60. The van der Waals surface area contributed by atoms with E-state index in [0.29, 0.717) is 29.8 Å². The van der Waals surface area contributed by atoms with Gasteiger partial charge in [-0.2, -0.15) is 0 Å². The minimum absolute atomic E-state index is 0.0809. The van der Waals surface area contributed by atoms with Crippen LogP contribution in [-0.2, 0) is 5.41 Å². The van der Waals surface area contributed by atoms with Crippen molar-refractivity contribution in [2.75, 3.05) is 0 Å². The lowest BCUT2D eigenvalue weighted by Crippen LogP contribution is -2.41. The smallest absolute Gasteiger partial charge is 0.143 e. The van der Waals surface area contributed by atoms with E-state index in [1.165, 1.54) is 44.2 Å². The zero-order chi connectivity index (χ0) is 32.0. The lowest BCUT2D eigenvalue weighted by molar-refractivity contribution is 0.337. The third-order valence-corrected chi connectivity index (χ3v) is 11.8. The van der Waals surface area contributed by atoms with E-state index in [0.717, 1.165) is 47.5 Å². The van der Waals surface area contributed by atoms with Crippen molar-refractivity contribution in [1.29, 1.82) is 0 Å². The van der Waals surface area contributed by atoms with Crippen LogP contribution in [0.1, 0.15) is 61.6 Å². The van der Waals surface area contributed by atoms with Gasteiger partial charge in [0, 0.05) is 57.3 Å². The van der Waals surface area contributed by atoms with Crippen LogP contribution in [-0.4, -0.2) is 12.1 Å². The molecule has 3 nitrogen and oxygen atoms in total. The van der Waals surface area contributed by atoms with E-state index in [1.807, 2.05) is 6.07 Å². The monoisotopic (exact) mass is 625 g/mol. The normalized spacial score (nSPS) is 25.5. The van der Waals surface area contributed by atoms with E-state index in [2.05, 4.69) is 141 Å². The predicted octanol–water partition coefficient (Wildman–Crippen LogP) is 10.8. The van der Waals surface area contributed by atoms with Crippen molar-refractivity contribution in [3.8, 4) is 16.9 Å². The number of benzene rings is 5. The van der Waals surface area contributed by atoms with Gasteiger partial charge in [0.25, 0.3) is 0 Å². The summed E-state index contributed by atoms with van der Waals surface area (Å²) in [5.74, 6) is 3.77. The van der Waals surface area contributed by atoms with Gasteiger partial charge in [0.2, 0.25) is 0 Å². The molecule has 3 heterocycles. The van der Waals surface area contributed by atoms with Crippen molar-refractivity contribution in [3.05, 3.63) is 161 Å². The molecule has 2 aliphatic carbocycles. The van der Waals surface area contributed by atoms with E-state index in [9.17, 15) is 0 Å². The quantitative estimate of drug-likeness (QED) is 0.212. The van der Waals surface area contributed by atoms with Crippen molar-refractivity contribution in [3.63, 3.8) is 0 Å². The van der Waals surface area contributed by atoms with Crippen LogP contribution >= 0.6 is 0 Å². The lowest BCUT2D eigenvalue weighted by atomic mass is 9.71. The Balaban J connectivity index is 0.969. The highest BCUT2D eigenvalue weighted by molar-refractivity contribution is 6.09. The summed E-state index contributed by atoms with van der Waals surface area (Å²) in [5, 5.41) is 6.54. The molecule has 5 unspecified atom stereocenters. The van der Waals surface area contributed by atoms with E-state index in [-0.39, 0.29) is 5.41 Å². The number of hydrogen-bond donors (Lipinski definition) is 1. The van der Waals surface area contributed by atoms with Gasteiger partial charge in [-0.05, 0) is 53.5 Å². The van der Waals surface area contributed by atoms with Crippen molar-refractivity contribution in [2.45, 2.75) is 62.4 Å². The van der Waals surface area contributed by atoms with E-state index < -0.39 is 0 Å². The molecule has 1 saturated heterocycles. The minimum atomic E-state index is -0.0809. The lowest BCUT2D eigenvalue weighted by Gasteiger charge is -2.40. The number of piperidine rings is 1. The number of ether oxygens (including phenoxy) is 1. The topological polar surface area (TPSA) is 34.4 Å². The number of nitrogens with one attached hydrogen (secondary N) is 1. The average Bonchev–Trinajstić information content (AvgIpc) is 3.74. The van der Waals surface area contributed by atoms with Gasteiger partial charge >= 0.3 is 0 Å². The summed E-state index contributed by atoms with van der Waals surface area (Å²) in [6.45, 7) is 4.71. The van der Waals surface area contributed by atoms with Crippen LogP contribution in [0.3, 0.4) is 0 Å². The number of furan rings is 1. The summed E-state index contributed by atoms with van der Waals surface area (Å²) in [6.07, 6.45) is 5.63. The Kier molecular flexibility index (Phi) is 6.21. The van der Waals surface area contributed by atoms with Gasteiger partial charge in [-0.3, -0.25) is 0 Å². The molecule has 0 bridgehead atoms. The van der Waals surface area contributed by atoms with Gasteiger partial charge < -0.3 is 14.5 Å². The molecular formula is C45H39NO2. The molecule has 2 aliphatic heterocycles. The molecule has 2 fully saturated rings. The van der Waals surface area contributed by atoms with Crippen molar-refractivity contribution >= 4 is 21.9 Å². The molecule has 3 heteroatoms. The number of fused-ring (bicyclic) bond motifs is 5. The molecule has 4 aliphatic rings. The maximum atomic E-state index is 6.49. The molecular weight excluding hydrogens is 587 g/mol. The number of rotatable bonds is 4. The van der Waals surface area contributed by atoms with E-state index >= 15 is 0 Å². The molecule has 5 atom stereocenters. The Morgan fingerprint density at radius 1 is 0.708 bits per heavy atom. The first kappa shape index (κ1) is 28.2. The molecule has 1 saturated carbocycles. The fourth-order valence-corrected chi connectivity index (χ4v) is 9.36. The molecule has 48 heavy (non-hydrogen) atoms. The van der Waals surface area contributed by atoms with Gasteiger partial charge in [0.1, 0.15) is 22.7 Å². The second kappa shape index (κ2) is 10.6. The summed E-state index contributed by atoms with van der Waals surface area (Å²) < 4.78 is 12.9. The maximum absolute atomic E-state index is 6.49. The zero-order valence-corrected chi connectivity index (χ0v) is 27.4. The molecule has 0 radical (unpaired) electrons. The van der Waals surface area contributed by atoms with Crippen LogP contribution < -0.4 is 10.1 Å².